The molecule has 0 bridgehead atoms. The Morgan fingerprint density at radius 2 is 1.61 bits per heavy atom. The summed E-state index contributed by atoms with van der Waals surface area (Å²) < 4.78 is 1.95. The number of benzene rings is 3. The third-order valence-corrected chi connectivity index (χ3v) is 6.57. The van der Waals surface area contributed by atoms with Gasteiger partial charge in [-0.15, -0.1) is 10.2 Å². The Bertz CT molecular complexity index is 1290. The van der Waals surface area contributed by atoms with E-state index in [1.807, 2.05) is 73.9 Å². The zero-order valence-corrected chi connectivity index (χ0v) is 20.6. The topological polar surface area (TPSA) is 59.8 Å². The van der Waals surface area contributed by atoms with E-state index in [1.165, 1.54) is 17.3 Å². The van der Waals surface area contributed by atoms with Gasteiger partial charge in [0.2, 0.25) is 5.91 Å². The zero-order chi connectivity index (χ0) is 23.5. The van der Waals surface area contributed by atoms with Crippen LogP contribution in [0, 0.1) is 27.7 Å². The standard InChI is InChI=1S/C26H25ClN4OS/c1-16-9-11-20(12-10-16)31-25(21-7-5-6-8-22(21)27)29-30-26(31)33-15-23(32)28-24-18(3)13-17(2)14-19(24)4/h5-14H,15H2,1-4H3,(H,28,32). The van der Waals surface area contributed by atoms with E-state index in [2.05, 4.69) is 34.6 Å². The predicted molar refractivity (Wildman–Crippen MR) is 137 cm³/mol. The van der Waals surface area contributed by atoms with E-state index in [0.29, 0.717) is 16.0 Å². The van der Waals surface area contributed by atoms with Crippen molar-refractivity contribution >= 4 is 35.0 Å². The Kier molecular flexibility index (Phi) is 6.86. The van der Waals surface area contributed by atoms with Gasteiger partial charge in [0.15, 0.2) is 11.0 Å². The van der Waals surface area contributed by atoms with Gasteiger partial charge in [0, 0.05) is 16.9 Å². The number of nitrogens with zero attached hydrogens (tertiary/aromatic N) is 3. The molecule has 0 spiro atoms. The first-order chi connectivity index (χ1) is 15.8. The first kappa shape index (κ1) is 23.1. The van der Waals surface area contributed by atoms with Gasteiger partial charge in [-0.05, 0) is 63.1 Å². The SMILES string of the molecule is Cc1ccc(-n2c(SCC(=O)Nc3c(C)cc(C)cc3C)nnc2-c2ccccc2Cl)cc1. The van der Waals surface area contributed by atoms with E-state index in [-0.39, 0.29) is 11.7 Å². The van der Waals surface area contributed by atoms with Gasteiger partial charge in [-0.3, -0.25) is 9.36 Å². The van der Waals surface area contributed by atoms with E-state index >= 15 is 0 Å². The van der Waals surface area contributed by atoms with Crippen molar-refractivity contribution in [2.75, 3.05) is 11.1 Å². The monoisotopic (exact) mass is 476 g/mol. The van der Waals surface area contributed by atoms with Gasteiger partial charge in [0.05, 0.1) is 10.8 Å². The molecular formula is C26H25ClN4OS. The number of aryl methyl sites for hydroxylation is 4. The predicted octanol–water partition coefficient (Wildman–Crippen LogP) is 6.55. The maximum atomic E-state index is 12.8. The second-order valence-corrected chi connectivity index (χ2v) is 9.42. The minimum atomic E-state index is -0.0900. The van der Waals surface area contributed by atoms with E-state index in [1.54, 1.807) is 0 Å². The third-order valence-electron chi connectivity index (χ3n) is 5.31. The normalized spacial score (nSPS) is 10.9. The lowest BCUT2D eigenvalue weighted by atomic mass is 10.1. The van der Waals surface area contributed by atoms with Crippen molar-refractivity contribution in [2.45, 2.75) is 32.9 Å². The number of carbonyl (C=O) groups excluding carboxylic acids is 1. The summed E-state index contributed by atoms with van der Waals surface area (Å²) in [7, 11) is 0. The number of anilines is 1. The lowest BCUT2D eigenvalue weighted by molar-refractivity contribution is -0.113. The minimum Gasteiger partial charge on any atom is -0.325 e. The smallest absolute Gasteiger partial charge is 0.234 e. The molecule has 0 aliphatic heterocycles. The number of nitrogens with one attached hydrogen (secondary N) is 1. The van der Waals surface area contributed by atoms with Crippen molar-refractivity contribution in [3.8, 4) is 17.1 Å². The number of aromatic nitrogens is 3. The maximum absolute atomic E-state index is 12.8. The van der Waals surface area contributed by atoms with Crippen molar-refractivity contribution in [1.82, 2.24) is 14.8 Å². The van der Waals surface area contributed by atoms with Crippen LogP contribution in [-0.4, -0.2) is 26.4 Å². The van der Waals surface area contributed by atoms with Crippen molar-refractivity contribution in [1.29, 1.82) is 0 Å². The molecule has 1 heterocycles. The highest BCUT2D eigenvalue weighted by molar-refractivity contribution is 7.99. The van der Waals surface area contributed by atoms with Gasteiger partial charge in [0.25, 0.3) is 0 Å². The molecule has 0 unspecified atom stereocenters. The molecule has 3 aromatic carbocycles. The molecule has 4 rings (SSSR count). The average Bonchev–Trinajstić information content (AvgIpc) is 3.19. The first-order valence-corrected chi connectivity index (χ1v) is 12.0. The summed E-state index contributed by atoms with van der Waals surface area (Å²) >= 11 is 7.80. The Morgan fingerprint density at radius 1 is 0.939 bits per heavy atom. The molecule has 0 saturated carbocycles. The summed E-state index contributed by atoms with van der Waals surface area (Å²) in [6.07, 6.45) is 0. The molecule has 0 radical (unpaired) electrons. The highest BCUT2D eigenvalue weighted by Gasteiger charge is 2.19. The minimum absolute atomic E-state index is 0.0900. The number of halogens is 1. The first-order valence-electron chi connectivity index (χ1n) is 10.6. The molecule has 0 atom stereocenters. The molecular weight excluding hydrogens is 452 g/mol. The second-order valence-electron chi connectivity index (χ2n) is 8.07. The zero-order valence-electron chi connectivity index (χ0n) is 19.0. The lowest BCUT2D eigenvalue weighted by Crippen LogP contribution is -2.16. The third kappa shape index (κ3) is 5.13. The fourth-order valence-corrected chi connectivity index (χ4v) is 4.76. The fourth-order valence-electron chi connectivity index (χ4n) is 3.79. The Labute approximate surface area is 203 Å². The van der Waals surface area contributed by atoms with Gasteiger partial charge in [-0.1, -0.05) is 70.9 Å². The van der Waals surface area contributed by atoms with Crippen molar-refractivity contribution < 1.29 is 4.79 Å². The molecule has 1 N–H and O–H groups in total. The number of amides is 1. The molecule has 7 heteroatoms. The highest BCUT2D eigenvalue weighted by atomic mass is 35.5. The molecule has 5 nitrogen and oxygen atoms in total. The van der Waals surface area contributed by atoms with E-state index in [9.17, 15) is 4.79 Å². The quantitative estimate of drug-likeness (QED) is 0.320. The summed E-state index contributed by atoms with van der Waals surface area (Å²) in [5, 5.41) is 13.1. The summed E-state index contributed by atoms with van der Waals surface area (Å²) in [6, 6.07) is 19.8. The lowest BCUT2D eigenvalue weighted by Gasteiger charge is -2.13. The number of hydrogen-bond acceptors (Lipinski definition) is 4. The molecule has 4 aromatic rings. The van der Waals surface area contributed by atoms with Crippen molar-refractivity contribution in [2.24, 2.45) is 0 Å². The highest BCUT2D eigenvalue weighted by Crippen LogP contribution is 2.32. The van der Waals surface area contributed by atoms with Gasteiger partial charge in [-0.25, -0.2) is 0 Å². The van der Waals surface area contributed by atoms with Crippen LogP contribution in [0.4, 0.5) is 5.69 Å². The van der Waals surface area contributed by atoms with Crippen LogP contribution in [0.1, 0.15) is 22.3 Å². The van der Waals surface area contributed by atoms with Crippen LogP contribution in [0.2, 0.25) is 5.02 Å². The molecule has 0 saturated heterocycles. The average molecular weight is 477 g/mol. The van der Waals surface area contributed by atoms with Gasteiger partial charge < -0.3 is 5.32 Å². The van der Waals surface area contributed by atoms with Crippen LogP contribution >= 0.6 is 23.4 Å². The molecule has 0 aliphatic carbocycles. The van der Waals surface area contributed by atoms with E-state index < -0.39 is 0 Å². The van der Waals surface area contributed by atoms with Crippen LogP contribution in [-0.2, 0) is 4.79 Å². The molecule has 0 aliphatic rings. The van der Waals surface area contributed by atoms with Crippen molar-refractivity contribution in [3.63, 3.8) is 0 Å². The molecule has 1 amide bonds. The summed E-state index contributed by atoms with van der Waals surface area (Å²) in [6.45, 7) is 8.11. The molecule has 168 valence electrons. The van der Waals surface area contributed by atoms with Crippen LogP contribution in [0.25, 0.3) is 17.1 Å². The molecule has 0 fully saturated rings. The number of carbonyl (C=O) groups is 1. The number of hydrogen-bond donors (Lipinski definition) is 1. The van der Waals surface area contributed by atoms with Gasteiger partial charge in [0.1, 0.15) is 0 Å². The Balaban J connectivity index is 1.62. The summed E-state index contributed by atoms with van der Waals surface area (Å²) in [4.78, 5) is 12.8. The largest absolute Gasteiger partial charge is 0.325 e. The van der Waals surface area contributed by atoms with Crippen LogP contribution in [0.15, 0.2) is 65.8 Å². The summed E-state index contributed by atoms with van der Waals surface area (Å²) in [5.74, 6) is 0.754. The van der Waals surface area contributed by atoms with Crippen molar-refractivity contribution in [3.05, 3.63) is 87.9 Å². The van der Waals surface area contributed by atoms with Crippen LogP contribution in [0.5, 0.6) is 0 Å². The van der Waals surface area contributed by atoms with Crippen LogP contribution < -0.4 is 5.32 Å². The number of thioether (sulfide) groups is 1. The number of rotatable bonds is 6. The second kappa shape index (κ2) is 9.81. The summed E-state index contributed by atoms with van der Waals surface area (Å²) in [5.41, 5.74) is 7.00. The molecule has 33 heavy (non-hydrogen) atoms. The van der Waals surface area contributed by atoms with E-state index in [0.717, 1.165) is 33.6 Å². The van der Waals surface area contributed by atoms with Crippen LogP contribution in [0.3, 0.4) is 0 Å². The Morgan fingerprint density at radius 3 is 2.27 bits per heavy atom. The fraction of sp³-hybridized carbons (Fsp3) is 0.192. The van der Waals surface area contributed by atoms with Gasteiger partial charge >= 0.3 is 0 Å². The Hall–Kier alpha value is -3.09. The molecule has 1 aromatic heterocycles. The van der Waals surface area contributed by atoms with Gasteiger partial charge in [-0.2, -0.15) is 0 Å². The van der Waals surface area contributed by atoms with E-state index in [4.69, 9.17) is 11.6 Å². The maximum Gasteiger partial charge on any atom is 0.234 e.